The zero-order valence-corrected chi connectivity index (χ0v) is 16.6. The Morgan fingerprint density at radius 1 is 1.24 bits per heavy atom. The van der Waals surface area contributed by atoms with Crippen molar-refractivity contribution in [3.8, 4) is 0 Å². The van der Waals surface area contributed by atoms with Crippen molar-refractivity contribution in [2.24, 2.45) is 0 Å². The highest BCUT2D eigenvalue weighted by molar-refractivity contribution is 9.10. The maximum Gasteiger partial charge on any atom is 0.324 e. The maximum atomic E-state index is 13.0. The van der Waals surface area contributed by atoms with Crippen LogP contribution in [0, 0.1) is 0 Å². The van der Waals surface area contributed by atoms with Crippen LogP contribution in [-0.2, 0) is 26.2 Å². The number of carbonyl (C=O) groups is 1. The minimum atomic E-state index is -3.73. The highest BCUT2D eigenvalue weighted by Crippen LogP contribution is 2.27. The SMILES string of the molecule is O=C(OCc1cccs1)C1CCCCN1S(=O)(=O)c1ccc(Br)cc1. The van der Waals surface area contributed by atoms with Crippen LogP contribution in [0.5, 0.6) is 0 Å². The van der Waals surface area contributed by atoms with Crippen molar-refractivity contribution < 1.29 is 17.9 Å². The zero-order valence-electron chi connectivity index (χ0n) is 13.4. The fraction of sp³-hybridized carbons (Fsp3) is 0.353. The summed E-state index contributed by atoms with van der Waals surface area (Å²) in [7, 11) is -3.73. The third-order valence-electron chi connectivity index (χ3n) is 4.08. The Balaban J connectivity index is 1.77. The summed E-state index contributed by atoms with van der Waals surface area (Å²) in [6.45, 7) is 0.510. The summed E-state index contributed by atoms with van der Waals surface area (Å²) in [4.78, 5) is 13.6. The smallest absolute Gasteiger partial charge is 0.324 e. The van der Waals surface area contributed by atoms with Gasteiger partial charge in [-0.3, -0.25) is 4.79 Å². The van der Waals surface area contributed by atoms with E-state index >= 15 is 0 Å². The molecule has 2 heterocycles. The summed E-state index contributed by atoms with van der Waals surface area (Å²) in [5.74, 6) is -0.478. The second kappa shape index (κ2) is 7.99. The number of piperidine rings is 1. The van der Waals surface area contributed by atoms with Crippen molar-refractivity contribution in [3.05, 3.63) is 51.1 Å². The number of halogens is 1. The molecular weight excluding hydrogens is 426 g/mol. The monoisotopic (exact) mass is 443 g/mol. The summed E-state index contributed by atoms with van der Waals surface area (Å²) >= 11 is 4.80. The normalized spacial score (nSPS) is 18.8. The van der Waals surface area contributed by atoms with Crippen molar-refractivity contribution in [2.75, 3.05) is 6.54 Å². The van der Waals surface area contributed by atoms with Crippen molar-refractivity contribution in [3.63, 3.8) is 0 Å². The highest BCUT2D eigenvalue weighted by Gasteiger charge is 2.38. The molecular formula is C17H18BrNO4S2. The lowest BCUT2D eigenvalue weighted by molar-refractivity contribution is -0.150. The van der Waals surface area contributed by atoms with E-state index in [4.69, 9.17) is 4.74 Å². The molecule has 0 spiro atoms. The number of nitrogens with zero attached hydrogens (tertiary/aromatic N) is 1. The molecule has 0 bridgehead atoms. The number of sulfonamides is 1. The number of benzene rings is 1. The van der Waals surface area contributed by atoms with Crippen LogP contribution in [0.25, 0.3) is 0 Å². The Hall–Kier alpha value is -1.22. The van der Waals surface area contributed by atoms with Crippen molar-refractivity contribution in [1.29, 1.82) is 0 Å². The molecule has 0 aliphatic carbocycles. The molecule has 25 heavy (non-hydrogen) atoms. The first-order valence-electron chi connectivity index (χ1n) is 7.95. The van der Waals surface area contributed by atoms with E-state index in [0.29, 0.717) is 13.0 Å². The Bertz CT molecular complexity index is 819. The second-order valence-corrected chi connectivity index (χ2v) is 9.61. The molecule has 0 N–H and O–H groups in total. The third-order valence-corrected chi connectivity index (χ3v) is 7.38. The Morgan fingerprint density at radius 2 is 2.00 bits per heavy atom. The summed E-state index contributed by atoms with van der Waals surface area (Å²) < 4.78 is 33.4. The standard InChI is InChI=1S/C17H18BrNO4S2/c18-13-6-8-15(9-7-13)25(21,22)19-10-2-1-5-16(19)17(20)23-12-14-4-3-11-24-14/h3-4,6-9,11,16H,1-2,5,10,12H2. The van der Waals surface area contributed by atoms with Gasteiger partial charge in [-0.25, -0.2) is 8.42 Å². The van der Waals surface area contributed by atoms with E-state index in [1.165, 1.54) is 15.6 Å². The first-order valence-corrected chi connectivity index (χ1v) is 11.1. The molecule has 5 nitrogen and oxygen atoms in total. The highest BCUT2D eigenvalue weighted by atomic mass is 79.9. The fourth-order valence-corrected chi connectivity index (χ4v) is 5.33. The molecule has 1 saturated heterocycles. The minimum absolute atomic E-state index is 0.180. The van der Waals surface area contributed by atoms with E-state index in [2.05, 4.69) is 15.9 Å². The molecule has 1 atom stereocenters. The number of rotatable bonds is 5. The number of hydrogen-bond acceptors (Lipinski definition) is 5. The predicted octanol–water partition coefficient (Wildman–Crippen LogP) is 3.80. The van der Waals surface area contributed by atoms with E-state index in [9.17, 15) is 13.2 Å². The molecule has 0 radical (unpaired) electrons. The Morgan fingerprint density at radius 3 is 2.68 bits per heavy atom. The molecule has 134 valence electrons. The maximum absolute atomic E-state index is 13.0. The van der Waals surface area contributed by atoms with Gasteiger partial charge in [-0.05, 0) is 55.0 Å². The van der Waals surface area contributed by atoms with E-state index in [1.807, 2.05) is 17.5 Å². The van der Waals surface area contributed by atoms with Crippen LogP contribution in [0.1, 0.15) is 24.1 Å². The van der Waals surface area contributed by atoms with Crippen LogP contribution < -0.4 is 0 Å². The van der Waals surface area contributed by atoms with Gasteiger partial charge in [-0.2, -0.15) is 4.31 Å². The third kappa shape index (κ3) is 4.31. The molecule has 2 aromatic rings. The lowest BCUT2D eigenvalue weighted by Crippen LogP contribution is -2.48. The molecule has 1 fully saturated rings. The lowest BCUT2D eigenvalue weighted by atomic mass is 10.1. The van der Waals surface area contributed by atoms with Gasteiger partial charge in [0.1, 0.15) is 12.6 Å². The predicted molar refractivity (Wildman–Crippen MR) is 99.8 cm³/mol. The molecule has 0 saturated carbocycles. The van der Waals surface area contributed by atoms with Crippen molar-refractivity contribution >= 4 is 43.3 Å². The van der Waals surface area contributed by atoms with Gasteiger partial charge in [0.25, 0.3) is 0 Å². The van der Waals surface area contributed by atoms with Gasteiger partial charge >= 0.3 is 5.97 Å². The molecule has 1 aromatic heterocycles. The van der Waals surface area contributed by atoms with Crippen molar-refractivity contribution in [1.82, 2.24) is 4.31 Å². The average Bonchev–Trinajstić information content (AvgIpc) is 3.13. The summed E-state index contributed by atoms with van der Waals surface area (Å²) in [5, 5.41) is 1.91. The fourth-order valence-electron chi connectivity index (χ4n) is 2.80. The molecule has 0 amide bonds. The van der Waals surface area contributed by atoms with Crippen LogP contribution in [0.4, 0.5) is 0 Å². The Labute approximate surface area is 159 Å². The van der Waals surface area contributed by atoms with E-state index < -0.39 is 22.0 Å². The van der Waals surface area contributed by atoms with Gasteiger partial charge in [0, 0.05) is 15.9 Å². The van der Waals surface area contributed by atoms with E-state index in [-0.39, 0.29) is 11.5 Å². The van der Waals surface area contributed by atoms with Crippen LogP contribution in [0.2, 0.25) is 0 Å². The number of hydrogen-bond donors (Lipinski definition) is 0. The van der Waals surface area contributed by atoms with Gasteiger partial charge in [-0.1, -0.05) is 22.0 Å². The zero-order chi connectivity index (χ0) is 17.9. The van der Waals surface area contributed by atoms with E-state index in [0.717, 1.165) is 22.2 Å². The minimum Gasteiger partial charge on any atom is -0.459 e. The quantitative estimate of drug-likeness (QED) is 0.659. The first kappa shape index (κ1) is 18.6. The number of carbonyl (C=O) groups excluding carboxylic acids is 1. The molecule has 1 aliphatic rings. The van der Waals surface area contributed by atoms with E-state index in [1.54, 1.807) is 24.3 Å². The van der Waals surface area contributed by atoms with Crippen LogP contribution in [0.3, 0.4) is 0 Å². The number of ether oxygens (including phenoxy) is 1. The number of esters is 1. The molecule has 3 rings (SSSR count). The van der Waals surface area contributed by atoms with Gasteiger partial charge in [-0.15, -0.1) is 11.3 Å². The van der Waals surface area contributed by atoms with Crippen LogP contribution in [0.15, 0.2) is 51.1 Å². The largest absolute Gasteiger partial charge is 0.459 e. The first-order chi connectivity index (χ1) is 12.0. The van der Waals surface area contributed by atoms with Crippen LogP contribution in [-0.4, -0.2) is 31.3 Å². The van der Waals surface area contributed by atoms with Crippen LogP contribution >= 0.6 is 27.3 Å². The summed E-state index contributed by atoms with van der Waals surface area (Å²) in [6.07, 6.45) is 2.04. The lowest BCUT2D eigenvalue weighted by Gasteiger charge is -2.33. The number of thiophene rings is 1. The second-order valence-electron chi connectivity index (χ2n) is 5.77. The Kier molecular flexibility index (Phi) is 5.93. The summed E-state index contributed by atoms with van der Waals surface area (Å²) in [6, 6.07) is 9.46. The topological polar surface area (TPSA) is 63.7 Å². The van der Waals surface area contributed by atoms with Crippen molar-refractivity contribution in [2.45, 2.75) is 36.8 Å². The van der Waals surface area contributed by atoms with Gasteiger partial charge in [0.2, 0.25) is 10.0 Å². The summed E-state index contributed by atoms with van der Waals surface area (Å²) in [5.41, 5.74) is 0. The van der Waals surface area contributed by atoms with Gasteiger partial charge < -0.3 is 4.74 Å². The molecule has 8 heteroatoms. The van der Waals surface area contributed by atoms with Gasteiger partial charge in [0.15, 0.2) is 0 Å². The average molecular weight is 444 g/mol. The molecule has 1 aliphatic heterocycles. The molecule has 1 aromatic carbocycles. The molecule has 1 unspecified atom stereocenters. The van der Waals surface area contributed by atoms with Gasteiger partial charge in [0.05, 0.1) is 4.90 Å².